The van der Waals surface area contributed by atoms with Crippen LogP contribution in [-0.2, 0) is 16.6 Å². The highest BCUT2D eigenvalue weighted by Gasteiger charge is 2.20. The van der Waals surface area contributed by atoms with Gasteiger partial charge in [0.25, 0.3) is 5.91 Å². The van der Waals surface area contributed by atoms with Crippen LogP contribution in [0.1, 0.15) is 27.7 Å². The molecule has 1 N–H and O–H groups in total. The van der Waals surface area contributed by atoms with E-state index in [0.717, 1.165) is 21.2 Å². The summed E-state index contributed by atoms with van der Waals surface area (Å²) in [6.07, 6.45) is 1.20. The predicted molar refractivity (Wildman–Crippen MR) is 140 cm³/mol. The SMILES string of the molecule is CCOc1ccccc1NC(=O)c1cc2cc(N(Cc3ccc(C)cc3)S(C)(=O)=O)ccc2s1. The normalized spacial score (nSPS) is 11.4. The van der Waals surface area contributed by atoms with Gasteiger partial charge in [-0.1, -0.05) is 42.0 Å². The number of nitrogens with one attached hydrogen (secondary N) is 1. The molecule has 34 heavy (non-hydrogen) atoms. The van der Waals surface area contributed by atoms with E-state index in [9.17, 15) is 13.2 Å². The number of carbonyl (C=O) groups excluding carboxylic acids is 1. The average molecular weight is 495 g/mol. The lowest BCUT2D eigenvalue weighted by Gasteiger charge is -2.22. The number of fused-ring (bicyclic) bond motifs is 1. The third kappa shape index (κ3) is 5.40. The van der Waals surface area contributed by atoms with Gasteiger partial charge in [0.2, 0.25) is 10.0 Å². The highest BCUT2D eigenvalue weighted by molar-refractivity contribution is 7.92. The Bertz CT molecular complexity index is 1430. The molecule has 4 aromatic rings. The molecule has 0 saturated heterocycles. The highest BCUT2D eigenvalue weighted by atomic mass is 32.2. The summed E-state index contributed by atoms with van der Waals surface area (Å²) < 4.78 is 33.1. The maximum Gasteiger partial charge on any atom is 0.265 e. The minimum Gasteiger partial charge on any atom is -0.492 e. The number of para-hydroxylation sites is 2. The standard InChI is InChI=1S/C26H26N2O4S2/c1-4-32-23-8-6-5-7-22(23)27-26(29)25-16-20-15-21(13-14-24(20)33-25)28(34(3,30)31)17-19-11-9-18(2)10-12-19/h5-16H,4,17H2,1-3H3,(H,27,29). The minimum absolute atomic E-state index is 0.232. The number of hydrogen-bond acceptors (Lipinski definition) is 5. The third-order valence-corrected chi connectivity index (χ3v) is 7.55. The Morgan fingerprint density at radius 1 is 1.03 bits per heavy atom. The van der Waals surface area contributed by atoms with Crippen LogP contribution in [0.4, 0.5) is 11.4 Å². The van der Waals surface area contributed by atoms with Gasteiger partial charge < -0.3 is 10.1 Å². The molecule has 6 nitrogen and oxygen atoms in total. The van der Waals surface area contributed by atoms with Gasteiger partial charge in [-0.15, -0.1) is 11.3 Å². The van der Waals surface area contributed by atoms with Gasteiger partial charge in [0.15, 0.2) is 0 Å². The zero-order valence-corrected chi connectivity index (χ0v) is 20.9. The molecule has 4 rings (SSSR count). The molecule has 0 atom stereocenters. The number of thiophene rings is 1. The van der Waals surface area contributed by atoms with Crippen molar-refractivity contribution in [2.75, 3.05) is 22.5 Å². The molecule has 1 aromatic heterocycles. The summed E-state index contributed by atoms with van der Waals surface area (Å²) in [6, 6.07) is 22.3. The first-order chi connectivity index (χ1) is 16.2. The number of aryl methyl sites for hydroxylation is 1. The second kappa shape index (κ2) is 9.87. The maximum atomic E-state index is 12.9. The number of ether oxygens (including phenoxy) is 1. The topological polar surface area (TPSA) is 75.7 Å². The number of amides is 1. The Morgan fingerprint density at radius 3 is 2.47 bits per heavy atom. The van der Waals surface area contributed by atoms with Gasteiger partial charge >= 0.3 is 0 Å². The number of sulfonamides is 1. The van der Waals surface area contributed by atoms with Gasteiger partial charge in [-0.3, -0.25) is 9.10 Å². The molecule has 8 heteroatoms. The van der Waals surface area contributed by atoms with Crippen LogP contribution >= 0.6 is 11.3 Å². The smallest absolute Gasteiger partial charge is 0.265 e. The van der Waals surface area contributed by atoms with E-state index in [1.54, 1.807) is 18.2 Å². The van der Waals surface area contributed by atoms with E-state index in [1.165, 1.54) is 21.9 Å². The molecule has 0 aliphatic heterocycles. The molecule has 1 amide bonds. The van der Waals surface area contributed by atoms with Crippen LogP contribution in [-0.4, -0.2) is 27.2 Å². The van der Waals surface area contributed by atoms with Gasteiger partial charge in [-0.2, -0.15) is 0 Å². The largest absolute Gasteiger partial charge is 0.492 e. The summed E-state index contributed by atoms with van der Waals surface area (Å²) >= 11 is 1.36. The van der Waals surface area contributed by atoms with Crippen molar-refractivity contribution in [2.24, 2.45) is 0 Å². The molecule has 0 aliphatic carbocycles. The van der Waals surface area contributed by atoms with Crippen molar-refractivity contribution >= 4 is 48.7 Å². The number of hydrogen-bond donors (Lipinski definition) is 1. The zero-order valence-electron chi connectivity index (χ0n) is 19.2. The summed E-state index contributed by atoms with van der Waals surface area (Å²) in [5.41, 5.74) is 3.18. The lowest BCUT2D eigenvalue weighted by Crippen LogP contribution is -2.29. The average Bonchev–Trinajstić information content (AvgIpc) is 3.23. The van der Waals surface area contributed by atoms with E-state index in [0.29, 0.717) is 28.6 Å². The van der Waals surface area contributed by atoms with Crippen LogP contribution < -0.4 is 14.4 Å². The van der Waals surface area contributed by atoms with Crippen molar-refractivity contribution in [3.05, 3.63) is 88.8 Å². The summed E-state index contributed by atoms with van der Waals surface area (Å²) in [5, 5.41) is 3.72. The summed E-state index contributed by atoms with van der Waals surface area (Å²) in [6.45, 7) is 4.61. The molecular formula is C26H26N2O4S2. The van der Waals surface area contributed by atoms with Gasteiger partial charge in [0.05, 0.1) is 35.7 Å². The summed E-state index contributed by atoms with van der Waals surface area (Å²) in [7, 11) is -3.51. The highest BCUT2D eigenvalue weighted by Crippen LogP contribution is 2.32. The van der Waals surface area contributed by atoms with Gasteiger partial charge in [0, 0.05) is 4.70 Å². The van der Waals surface area contributed by atoms with Crippen molar-refractivity contribution in [1.82, 2.24) is 0 Å². The van der Waals surface area contributed by atoms with E-state index >= 15 is 0 Å². The van der Waals surface area contributed by atoms with Crippen molar-refractivity contribution in [1.29, 1.82) is 0 Å². The molecule has 0 saturated carbocycles. The lowest BCUT2D eigenvalue weighted by atomic mass is 10.1. The number of rotatable bonds is 8. The second-order valence-corrected chi connectivity index (χ2v) is 11.0. The van der Waals surface area contributed by atoms with Crippen LogP contribution in [0.2, 0.25) is 0 Å². The fourth-order valence-electron chi connectivity index (χ4n) is 3.59. The van der Waals surface area contributed by atoms with Crippen LogP contribution in [0.5, 0.6) is 5.75 Å². The van der Waals surface area contributed by atoms with Gasteiger partial charge in [-0.25, -0.2) is 8.42 Å². The van der Waals surface area contributed by atoms with Crippen molar-refractivity contribution in [3.63, 3.8) is 0 Å². The number of carbonyl (C=O) groups is 1. The van der Waals surface area contributed by atoms with E-state index in [1.807, 2.05) is 68.4 Å². The van der Waals surface area contributed by atoms with E-state index in [-0.39, 0.29) is 12.5 Å². The van der Waals surface area contributed by atoms with Crippen LogP contribution in [0.3, 0.4) is 0 Å². The van der Waals surface area contributed by atoms with Crippen LogP contribution in [0, 0.1) is 6.92 Å². The molecule has 1 heterocycles. The first-order valence-corrected chi connectivity index (χ1v) is 13.5. The van der Waals surface area contributed by atoms with Crippen molar-refractivity contribution < 1.29 is 17.9 Å². The predicted octanol–water partition coefficient (Wildman–Crippen LogP) is 5.83. The van der Waals surface area contributed by atoms with Gasteiger partial charge in [0.1, 0.15) is 5.75 Å². The lowest BCUT2D eigenvalue weighted by molar-refractivity contribution is 0.103. The number of anilines is 2. The number of benzene rings is 3. The Balaban J connectivity index is 1.62. The molecule has 0 aliphatic rings. The molecule has 0 radical (unpaired) electrons. The first kappa shape index (κ1) is 23.8. The van der Waals surface area contributed by atoms with E-state index < -0.39 is 10.0 Å². The van der Waals surface area contributed by atoms with Crippen molar-refractivity contribution in [2.45, 2.75) is 20.4 Å². The molecular weight excluding hydrogens is 468 g/mol. The Hall–Kier alpha value is -3.36. The maximum absolute atomic E-state index is 12.9. The molecule has 176 valence electrons. The zero-order chi connectivity index (χ0) is 24.3. The Morgan fingerprint density at radius 2 is 1.76 bits per heavy atom. The minimum atomic E-state index is -3.51. The van der Waals surface area contributed by atoms with Crippen LogP contribution in [0.25, 0.3) is 10.1 Å². The molecule has 0 fully saturated rings. The molecule has 0 bridgehead atoms. The summed E-state index contributed by atoms with van der Waals surface area (Å²) in [5.74, 6) is 0.371. The molecule has 3 aromatic carbocycles. The first-order valence-electron chi connectivity index (χ1n) is 10.8. The summed E-state index contributed by atoms with van der Waals surface area (Å²) in [4.78, 5) is 13.5. The Labute approximate surface area is 203 Å². The van der Waals surface area contributed by atoms with E-state index in [4.69, 9.17) is 4.74 Å². The number of nitrogens with zero attached hydrogens (tertiary/aromatic N) is 1. The quantitative estimate of drug-likeness (QED) is 0.335. The molecule has 0 spiro atoms. The molecule has 0 unspecified atom stereocenters. The fraction of sp³-hybridized carbons (Fsp3) is 0.192. The Kier molecular flexibility index (Phi) is 6.90. The van der Waals surface area contributed by atoms with Gasteiger partial charge in [-0.05, 0) is 61.2 Å². The second-order valence-electron chi connectivity index (χ2n) is 7.97. The third-order valence-electron chi connectivity index (χ3n) is 5.29. The fourth-order valence-corrected chi connectivity index (χ4v) is 5.41. The monoisotopic (exact) mass is 494 g/mol. The van der Waals surface area contributed by atoms with E-state index in [2.05, 4.69) is 5.32 Å². The van der Waals surface area contributed by atoms with Crippen molar-refractivity contribution in [3.8, 4) is 5.75 Å². The van der Waals surface area contributed by atoms with Crippen LogP contribution in [0.15, 0.2) is 72.8 Å².